The van der Waals surface area contributed by atoms with E-state index in [-0.39, 0.29) is 30.2 Å². The summed E-state index contributed by atoms with van der Waals surface area (Å²) in [7, 11) is 0. The monoisotopic (exact) mass is 304 g/mol. The van der Waals surface area contributed by atoms with Gasteiger partial charge in [0.15, 0.2) is 0 Å². The predicted molar refractivity (Wildman–Crippen MR) is 78.5 cm³/mol. The summed E-state index contributed by atoms with van der Waals surface area (Å²) in [5.41, 5.74) is 0.628. The summed E-state index contributed by atoms with van der Waals surface area (Å²) in [5, 5.41) is 5.12. The number of halogens is 2. The summed E-state index contributed by atoms with van der Waals surface area (Å²) in [6.45, 7) is 0.0655. The highest BCUT2D eigenvalue weighted by Crippen LogP contribution is 2.15. The number of hydrogen-bond donors (Lipinski definition) is 2. The van der Waals surface area contributed by atoms with Crippen LogP contribution in [-0.4, -0.2) is 18.7 Å². The Hall–Kier alpha value is -2.60. The highest BCUT2D eigenvalue weighted by atomic mass is 19.1. The lowest BCUT2D eigenvalue weighted by Crippen LogP contribution is -2.28. The molecule has 0 bridgehead atoms. The van der Waals surface area contributed by atoms with Gasteiger partial charge in [-0.2, -0.15) is 0 Å². The first-order valence-electron chi connectivity index (χ1n) is 6.59. The van der Waals surface area contributed by atoms with Crippen molar-refractivity contribution in [3.05, 3.63) is 65.2 Å². The van der Waals surface area contributed by atoms with E-state index in [4.69, 9.17) is 0 Å². The molecule has 22 heavy (non-hydrogen) atoms. The third-order valence-corrected chi connectivity index (χ3v) is 2.96. The van der Waals surface area contributed by atoms with Gasteiger partial charge >= 0.3 is 0 Å². The fourth-order valence-corrected chi connectivity index (χ4v) is 1.86. The molecule has 0 atom stereocenters. The molecule has 114 valence electrons. The minimum Gasteiger partial charge on any atom is -0.322 e. The highest BCUT2D eigenvalue weighted by molar-refractivity contribution is 5.93. The van der Waals surface area contributed by atoms with Gasteiger partial charge in [0.25, 0.3) is 0 Å². The van der Waals surface area contributed by atoms with Crippen LogP contribution in [0.3, 0.4) is 0 Å². The maximum Gasteiger partial charge on any atom is 0.238 e. The smallest absolute Gasteiger partial charge is 0.238 e. The second kappa shape index (κ2) is 7.42. The third-order valence-electron chi connectivity index (χ3n) is 2.96. The van der Waals surface area contributed by atoms with Crippen LogP contribution in [0, 0.1) is 11.6 Å². The molecule has 0 aromatic heterocycles. The van der Waals surface area contributed by atoms with Crippen molar-refractivity contribution in [2.75, 3.05) is 11.9 Å². The molecular weight excluding hydrogens is 290 g/mol. The fourth-order valence-electron chi connectivity index (χ4n) is 1.86. The third kappa shape index (κ3) is 4.20. The predicted octanol–water partition coefficient (Wildman–Crippen LogP) is 2.51. The molecule has 2 N–H and O–H groups in total. The first-order valence-corrected chi connectivity index (χ1v) is 6.59. The van der Waals surface area contributed by atoms with Crippen molar-refractivity contribution in [3.8, 4) is 0 Å². The number of carbonyl (C=O) groups excluding carboxylic acids is 2. The van der Waals surface area contributed by atoms with Gasteiger partial charge in [-0.25, -0.2) is 8.78 Å². The van der Waals surface area contributed by atoms with Gasteiger partial charge in [-0.15, -0.1) is 0 Å². The van der Waals surface area contributed by atoms with Gasteiger partial charge in [0.05, 0.1) is 12.2 Å². The number of benzene rings is 2. The molecular formula is C16H14F2N2O2. The van der Waals surface area contributed by atoms with Gasteiger partial charge in [-0.3, -0.25) is 9.59 Å². The number of aldehydes is 1. The number of nitrogens with one attached hydrogen (secondary N) is 2. The van der Waals surface area contributed by atoms with E-state index in [2.05, 4.69) is 10.6 Å². The Bertz CT molecular complexity index is 690. The van der Waals surface area contributed by atoms with Crippen molar-refractivity contribution in [1.29, 1.82) is 0 Å². The zero-order valence-electron chi connectivity index (χ0n) is 11.6. The first kappa shape index (κ1) is 15.8. The quantitative estimate of drug-likeness (QED) is 0.806. The van der Waals surface area contributed by atoms with Crippen LogP contribution in [0.1, 0.15) is 15.9 Å². The van der Waals surface area contributed by atoms with Crippen molar-refractivity contribution in [2.45, 2.75) is 6.54 Å². The molecule has 0 fully saturated rings. The Morgan fingerprint density at radius 1 is 1.09 bits per heavy atom. The molecule has 0 saturated heterocycles. The Morgan fingerprint density at radius 3 is 2.59 bits per heavy atom. The van der Waals surface area contributed by atoms with E-state index in [9.17, 15) is 18.4 Å². The van der Waals surface area contributed by atoms with Crippen LogP contribution in [-0.2, 0) is 11.3 Å². The van der Waals surface area contributed by atoms with Crippen LogP contribution in [0.25, 0.3) is 0 Å². The topological polar surface area (TPSA) is 58.2 Å². The first-order chi connectivity index (χ1) is 10.6. The zero-order valence-corrected chi connectivity index (χ0v) is 11.6. The zero-order chi connectivity index (χ0) is 15.9. The minimum absolute atomic E-state index is 0.0673. The number of anilines is 1. The Morgan fingerprint density at radius 2 is 1.86 bits per heavy atom. The summed E-state index contributed by atoms with van der Waals surface area (Å²) < 4.78 is 26.9. The largest absolute Gasteiger partial charge is 0.322 e. The van der Waals surface area contributed by atoms with Crippen LogP contribution >= 0.6 is 0 Å². The number of carbonyl (C=O) groups is 2. The van der Waals surface area contributed by atoms with Gasteiger partial charge < -0.3 is 10.6 Å². The summed E-state index contributed by atoms with van der Waals surface area (Å²) in [6.07, 6.45) is 0.561. The van der Waals surface area contributed by atoms with Crippen molar-refractivity contribution in [1.82, 2.24) is 5.32 Å². The molecule has 0 aliphatic rings. The van der Waals surface area contributed by atoms with Gasteiger partial charge in [0.2, 0.25) is 5.91 Å². The van der Waals surface area contributed by atoms with Crippen LogP contribution in [0.4, 0.5) is 14.5 Å². The lowest BCUT2D eigenvalue weighted by Gasteiger charge is -2.08. The molecule has 0 aliphatic heterocycles. The number of hydrogen-bond acceptors (Lipinski definition) is 3. The van der Waals surface area contributed by atoms with Crippen molar-refractivity contribution in [2.24, 2.45) is 0 Å². The van der Waals surface area contributed by atoms with Crippen molar-refractivity contribution >= 4 is 17.9 Å². The van der Waals surface area contributed by atoms with Gasteiger partial charge in [0.1, 0.15) is 17.9 Å². The lowest BCUT2D eigenvalue weighted by molar-refractivity contribution is -0.115. The molecule has 0 saturated carbocycles. The Kier molecular flexibility index (Phi) is 5.32. The van der Waals surface area contributed by atoms with Crippen LogP contribution in [0.15, 0.2) is 42.5 Å². The molecule has 2 aromatic rings. The molecule has 0 spiro atoms. The van der Waals surface area contributed by atoms with Crippen LogP contribution in [0.5, 0.6) is 0 Å². The van der Waals surface area contributed by atoms with E-state index < -0.39 is 11.7 Å². The lowest BCUT2D eigenvalue weighted by atomic mass is 10.2. The molecule has 0 heterocycles. The van der Waals surface area contributed by atoms with E-state index in [1.165, 1.54) is 18.2 Å². The second-order valence-electron chi connectivity index (χ2n) is 4.60. The van der Waals surface area contributed by atoms with Gasteiger partial charge in [0, 0.05) is 17.7 Å². The molecule has 6 heteroatoms. The maximum absolute atomic E-state index is 13.5. The van der Waals surface area contributed by atoms with Crippen molar-refractivity contribution < 1.29 is 18.4 Å². The van der Waals surface area contributed by atoms with E-state index in [1.807, 2.05) is 0 Å². The molecule has 0 aliphatic carbocycles. The molecule has 0 unspecified atom stereocenters. The standard InChI is InChI=1S/C16H14F2N2O2/c17-13-4-2-1-3-12(13)8-19-9-16(22)20-15-7-11(10-21)5-6-14(15)18/h1-7,10,19H,8-9H2,(H,20,22). The Labute approximate surface area is 126 Å². The van der Waals surface area contributed by atoms with Crippen LogP contribution < -0.4 is 10.6 Å². The minimum atomic E-state index is -0.631. The second-order valence-corrected chi connectivity index (χ2v) is 4.60. The molecule has 4 nitrogen and oxygen atoms in total. The maximum atomic E-state index is 13.5. The molecule has 1 amide bonds. The van der Waals surface area contributed by atoms with E-state index >= 15 is 0 Å². The van der Waals surface area contributed by atoms with Gasteiger partial charge in [-0.05, 0) is 24.3 Å². The van der Waals surface area contributed by atoms with Gasteiger partial charge in [-0.1, -0.05) is 18.2 Å². The average Bonchev–Trinajstić information content (AvgIpc) is 2.51. The van der Waals surface area contributed by atoms with Crippen molar-refractivity contribution in [3.63, 3.8) is 0 Å². The SMILES string of the molecule is O=Cc1ccc(F)c(NC(=O)CNCc2ccccc2F)c1. The van der Waals surface area contributed by atoms with E-state index in [0.29, 0.717) is 11.8 Å². The number of amides is 1. The van der Waals surface area contributed by atoms with E-state index in [1.54, 1.807) is 18.2 Å². The summed E-state index contributed by atoms with van der Waals surface area (Å²) in [6, 6.07) is 9.87. The highest BCUT2D eigenvalue weighted by Gasteiger charge is 2.08. The average molecular weight is 304 g/mol. The summed E-state index contributed by atoms with van der Waals surface area (Å²) in [4.78, 5) is 22.4. The summed E-state index contributed by atoms with van der Waals surface area (Å²) >= 11 is 0. The normalized spacial score (nSPS) is 10.3. The van der Waals surface area contributed by atoms with E-state index in [0.717, 1.165) is 6.07 Å². The van der Waals surface area contributed by atoms with Crippen LogP contribution in [0.2, 0.25) is 0 Å². The number of rotatable bonds is 6. The molecule has 2 aromatic carbocycles. The summed E-state index contributed by atoms with van der Waals surface area (Å²) in [5.74, 6) is -1.48. The fraction of sp³-hybridized carbons (Fsp3) is 0.125. The molecule has 2 rings (SSSR count). The Balaban J connectivity index is 1.88. The molecule has 0 radical (unpaired) electrons.